The summed E-state index contributed by atoms with van der Waals surface area (Å²) in [6, 6.07) is 6.45. The van der Waals surface area contributed by atoms with E-state index in [4.69, 9.17) is 0 Å². The highest BCUT2D eigenvalue weighted by atomic mass is 16.1. The number of hydrogen-bond acceptors (Lipinski definition) is 1. The summed E-state index contributed by atoms with van der Waals surface area (Å²) in [6.45, 7) is 2.17. The van der Waals surface area contributed by atoms with Gasteiger partial charge < -0.3 is 4.57 Å². The predicted molar refractivity (Wildman–Crippen MR) is 76.3 cm³/mol. The third-order valence-electron chi connectivity index (χ3n) is 5.21. The maximum atomic E-state index is 12.8. The lowest BCUT2D eigenvalue weighted by molar-refractivity contribution is -0.132. The molecule has 0 unspecified atom stereocenters. The molecule has 1 fully saturated rings. The molecule has 98 valence electrons. The maximum Gasteiger partial charge on any atom is 0.146 e. The van der Waals surface area contributed by atoms with E-state index in [9.17, 15) is 4.79 Å². The molecule has 2 aromatic rings. The summed E-state index contributed by atoms with van der Waals surface area (Å²) in [7, 11) is 2.11. The van der Waals surface area contributed by atoms with Crippen molar-refractivity contribution in [2.75, 3.05) is 0 Å². The van der Waals surface area contributed by atoms with Gasteiger partial charge in [0.2, 0.25) is 0 Å². The molecule has 2 atom stereocenters. The summed E-state index contributed by atoms with van der Waals surface area (Å²) >= 11 is 0. The van der Waals surface area contributed by atoms with E-state index in [1.807, 2.05) is 0 Å². The van der Waals surface area contributed by atoms with E-state index in [1.54, 1.807) is 0 Å². The average molecular weight is 253 g/mol. The predicted octanol–water partition coefficient (Wildman–Crippen LogP) is 3.58. The Morgan fingerprint density at radius 3 is 3.05 bits per heavy atom. The highest BCUT2D eigenvalue weighted by Crippen LogP contribution is 2.48. The van der Waals surface area contributed by atoms with Gasteiger partial charge in [0.15, 0.2) is 0 Å². The Balaban J connectivity index is 2.09. The monoisotopic (exact) mass is 253 g/mol. The fraction of sp³-hybridized carbons (Fsp3) is 0.471. The topological polar surface area (TPSA) is 22.0 Å². The van der Waals surface area contributed by atoms with E-state index in [1.165, 1.54) is 28.5 Å². The first-order valence-corrected chi connectivity index (χ1v) is 7.21. The largest absolute Gasteiger partial charge is 0.350 e. The molecule has 1 aromatic carbocycles. The molecule has 2 bridgehead atoms. The molecule has 0 N–H and O–H groups in total. The zero-order valence-corrected chi connectivity index (χ0v) is 11.6. The number of hydrogen-bond donors (Lipinski definition) is 0. The minimum absolute atomic E-state index is 0.131. The molecule has 4 rings (SSSR count). The van der Waals surface area contributed by atoms with Gasteiger partial charge in [-0.2, -0.15) is 0 Å². The van der Waals surface area contributed by atoms with Gasteiger partial charge in [0, 0.05) is 35.5 Å². The molecule has 19 heavy (non-hydrogen) atoms. The summed E-state index contributed by atoms with van der Waals surface area (Å²) < 4.78 is 2.21. The Hall–Kier alpha value is -1.57. The Morgan fingerprint density at radius 2 is 2.21 bits per heavy atom. The van der Waals surface area contributed by atoms with Crippen LogP contribution in [0.1, 0.15) is 43.2 Å². The fourth-order valence-corrected chi connectivity index (χ4v) is 4.26. The molecule has 2 nitrogen and oxygen atoms in total. The molecule has 1 aromatic heterocycles. The van der Waals surface area contributed by atoms with Crippen LogP contribution in [-0.4, -0.2) is 10.4 Å². The van der Waals surface area contributed by atoms with Crippen LogP contribution in [0.15, 0.2) is 24.4 Å². The van der Waals surface area contributed by atoms with Crippen LogP contribution in [0, 0.1) is 5.41 Å². The van der Waals surface area contributed by atoms with Gasteiger partial charge >= 0.3 is 0 Å². The summed E-state index contributed by atoms with van der Waals surface area (Å²) in [5.41, 5.74) is 3.78. The molecule has 2 heteroatoms. The quantitative estimate of drug-likeness (QED) is 0.703. The lowest BCUT2D eigenvalue weighted by Crippen LogP contribution is -2.36. The lowest BCUT2D eigenvalue weighted by atomic mass is 9.67. The van der Waals surface area contributed by atoms with Crippen LogP contribution in [-0.2, 0) is 18.3 Å². The normalized spacial score (nSPS) is 29.6. The number of nitrogens with zero attached hydrogens (tertiary/aromatic N) is 1. The van der Waals surface area contributed by atoms with Gasteiger partial charge in [0.05, 0.1) is 0 Å². The molecule has 0 saturated heterocycles. The molecule has 1 heterocycles. The van der Waals surface area contributed by atoms with Gasteiger partial charge in [-0.05, 0) is 36.5 Å². The molecular formula is C17H19NO. The lowest BCUT2D eigenvalue weighted by Gasteiger charge is -2.35. The highest BCUT2D eigenvalue weighted by Gasteiger charge is 2.44. The number of aromatic nitrogens is 1. The summed E-state index contributed by atoms with van der Waals surface area (Å²) in [4.78, 5) is 12.8. The van der Waals surface area contributed by atoms with Gasteiger partial charge in [-0.1, -0.05) is 25.5 Å². The minimum atomic E-state index is -0.143. The SMILES string of the molecule is Cn1cc2c3c(cccc31)[C@@H]1CCC[C@](C)(C2)C1=O. The average Bonchev–Trinajstić information content (AvgIpc) is 2.68. The molecule has 1 saturated carbocycles. The number of fused-ring (bicyclic) bond motifs is 3. The summed E-state index contributed by atoms with van der Waals surface area (Å²) in [5.74, 6) is 0.608. The molecule has 0 amide bonds. The molecule has 2 aliphatic carbocycles. The summed E-state index contributed by atoms with van der Waals surface area (Å²) in [5, 5.41) is 1.36. The van der Waals surface area contributed by atoms with Crippen molar-refractivity contribution in [3.8, 4) is 0 Å². The van der Waals surface area contributed by atoms with Crippen molar-refractivity contribution in [2.45, 2.75) is 38.5 Å². The van der Waals surface area contributed by atoms with Crippen LogP contribution in [0.25, 0.3) is 10.9 Å². The zero-order valence-electron chi connectivity index (χ0n) is 11.6. The number of rotatable bonds is 0. The Kier molecular flexibility index (Phi) is 2.08. The number of Topliss-reactive ketones (excluding diaryl/α,β-unsaturated/α-hetero) is 1. The number of carbonyl (C=O) groups is 1. The minimum Gasteiger partial charge on any atom is -0.350 e. The Bertz CT molecular complexity index is 697. The Labute approximate surface area is 113 Å². The van der Waals surface area contributed by atoms with E-state index in [0.717, 1.165) is 19.3 Å². The van der Waals surface area contributed by atoms with Crippen LogP contribution < -0.4 is 0 Å². The van der Waals surface area contributed by atoms with E-state index >= 15 is 0 Å². The number of aryl methyl sites for hydroxylation is 1. The second kappa shape index (κ2) is 3.50. The number of benzene rings is 1. The van der Waals surface area contributed by atoms with Crippen molar-refractivity contribution >= 4 is 16.7 Å². The second-order valence-electron chi connectivity index (χ2n) is 6.55. The van der Waals surface area contributed by atoms with Crippen LogP contribution in [0.5, 0.6) is 0 Å². The third-order valence-corrected chi connectivity index (χ3v) is 5.21. The van der Waals surface area contributed by atoms with Gasteiger partial charge in [-0.3, -0.25) is 4.79 Å². The standard InChI is InChI=1S/C17H19NO/c1-17-8-4-6-13(16(17)19)12-5-3-7-14-15(12)11(9-17)10-18(14)2/h3,5,7,10,13H,4,6,8-9H2,1-2H3/t13-,17+/m0/s1. The highest BCUT2D eigenvalue weighted by molar-refractivity contribution is 6.00. The van der Waals surface area contributed by atoms with Crippen molar-refractivity contribution in [2.24, 2.45) is 12.5 Å². The first-order chi connectivity index (χ1) is 9.10. The number of carbonyl (C=O) groups excluding carboxylic acids is 1. The van der Waals surface area contributed by atoms with Crippen molar-refractivity contribution in [1.29, 1.82) is 0 Å². The van der Waals surface area contributed by atoms with Gasteiger partial charge in [0.1, 0.15) is 5.78 Å². The van der Waals surface area contributed by atoms with Crippen LogP contribution in [0.4, 0.5) is 0 Å². The number of ketones is 1. The molecule has 0 radical (unpaired) electrons. The van der Waals surface area contributed by atoms with E-state index in [-0.39, 0.29) is 11.3 Å². The van der Waals surface area contributed by atoms with Crippen LogP contribution in [0.3, 0.4) is 0 Å². The first-order valence-electron chi connectivity index (χ1n) is 7.21. The van der Waals surface area contributed by atoms with Crippen molar-refractivity contribution < 1.29 is 4.79 Å². The van der Waals surface area contributed by atoms with Gasteiger partial charge in [-0.25, -0.2) is 0 Å². The van der Waals surface area contributed by atoms with Gasteiger partial charge in [-0.15, -0.1) is 0 Å². The Morgan fingerprint density at radius 1 is 1.37 bits per heavy atom. The van der Waals surface area contributed by atoms with Crippen molar-refractivity contribution in [3.63, 3.8) is 0 Å². The smallest absolute Gasteiger partial charge is 0.146 e. The first kappa shape index (κ1) is 11.3. The molecular weight excluding hydrogens is 234 g/mol. The van der Waals surface area contributed by atoms with Crippen molar-refractivity contribution in [1.82, 2.24) is 4.57 Å². The van der Waals surface area contributed by atoms with Gasteiger partial charge in [0.25, 0.3) is 0 Å². The van der Waals surface area contributed by atoms with Crippen LogP contribution >= 0.6 is 0 Å². The maximum absolute atomic E-state index is 12.8. The molecule has 2 aliphatic rings. The zero-order chi connectivity index (χ0) is 13.2. The third kappa shape index (κ3) is 1.35. The fourth-order valence-electron chi connectivity index (χ4n) is 4.26. The van der Waals surface area contributed by atoms with E-state index < -0.39 is 0 Å². The van der Waals surface area contributed by atoms with E-state index in [0.29, 0.717) is 5.78 Å². The molecule has 0 spiro atoms. The van der Waals surface area contributed by atoms with Crippen LogP contribution in [0.2, 0.25) is 0 Å². The second-order valence-corrected chi connectivity index (χ2v) is 6.55. The summed E-state index contributed by atoms with van der Waals surface area (Å²) in [6.07, 6.45) is 6.40. The van der Waals surface area contributed by atoms with Crippen molar-refractivity contribution in [3.05, 3.63) is 35.5 Å². The van der Waals surface area contributed by atoms with E-state index in [2.05, 4.69) is 42.9 Å². The molecule has 0 aliphatic heterocycles.